The number of sulfone groups is 1. The van der Waals surface area contributed by atoms with Crippen LogP contribution in [0, 0.1) is 0 Å². The third-order valence-corrected chi connectivity index (χ3v) is 4.73. The minimum absolute atomic E-state index is 0.00674. The summed E-state index contributed by atoms with van der Waals surface area (Å²) in [5, 5.41) is 0.873. The van der Waals surface area contributed by atoms with Gasteiger partial charge in [-0.2, -0.15) is 0 Å². The second-order valence-corrected chi connectivity index (χ2v) is 7.16. The van der Waals surface area contributed by atoms with Crippen molar-refractivity contribution in [3.05, 3.63) is 69.7 Å². The molecule has 0 bridgehead atoms. The van der Waals surface area contributed by atoms with Gasteiger partial charge in [-0.3, -0.25) is 0 Å². The molecule has 0 fully saturated rings. The molecule has 0 aliphatic rings. The lowest BCUT2D eigenvalue weighted by Gasteiger charge is -2.07. The summed E-state index contributed by atoms with van der Waals surface area (Å²) < 4.78 is 24.2. The van der Waals surface area contributed by atoms with Gasteiger partial charge in [0.15, 0.2) is 9.84 Å². The van der Waals surface area contributed by atoms with Crippen LogP contribution >= 0.6 is 23.2 Å². The molecule has 2 nitrogen and oxygen atoms in total. The Morgan fingerprint density at radius 2 is 1.58 bits per heavy atom. The Bertz CT molecular complexity index is 667. The van der Waals surface area contributed by atoms with Crippen LogP contribution in [0.4, 0.5) is 0 Å². The molecule has 0 saturated heterocycles. The summed E-state index contributed by atoms with van der Waals surface area (Å²) in [5.41, 5.74) is 1.34. The van der Waals surface area contributed by atoms with Gasteiger partial charge >= 0.3 is 0 Å². The fourth-order valence-electron chi connectivity index (χ4n) is 1.75. The number of hydrogen-bond acceptors (Lipinski definition) is 2. The summed E-state index contributed by atoms with van der Waals surface area (Å²) in [6, 6.07) is 13.9. The van der Waals surface area contributed by atoms with Crippen molar-refractivity contribution >= 4 is 33.0 Å². The van der Waals surface area contributed by atoms with Gasteiger partial charge in [-0.15, -0.1) is 0 Å². The van der Waals surface area contributed by atoms with E-state index >= 15 is 0 Å². The van der Waals surface area contributed by atoms with Gasteiger partial charge in [-0.25, -0.2) is 8.42 Å². The molecular weight excluding hydrogens is 303 g/mol. The molecule has 2 aromatic carbocycles. The Morgan fingerprint density at radius 1 is 0.895 bits per heavy atom. The summed E-state index contributed by atoms with van der Waals surface area (Å²) in [4.78, 5) is 0. The minimum Gasteiger partial charge on any atom is -0.228 e. The summed E-state index contributed by atoms with van der Waals surface area (Å²) in [5.74, 6) is -0.0787. The molecule has 2 aromatic rings. The molecule has 0 spiro atoms. The van der Waals surface area contributed by atoms with Crippen molar-refractivity contribution in [1.82, 2.24) is 0 Å². The van der Waals surface area contributed by atoms with E-state index in [4.69, 9.17) is 23.2 Å². The van der Waals surface area contributed by atoms with E-state index in [0.29, 0.717) is 15.6 Å². The first-order valence-corrected chi connectivity index (χ1v) is 8.22. The predicted molar refractivity (Wildman–Crippen MR) is 79.2 cm³/mol. The van der Waals surface area contributed by atoms with Crippen LogP contribution < -0.4 is 0 Å². The maximum absolute atomic E-state index is 12.1. The van der Waals surface area contributed by atoms with Crippen LogP contribution in [-0.4, -0.2) is 8.42 Å². The number of hydrogen-bond donors (Lipinski definition) is 0. The second-order valence-electron chi connectivity index (χ2n) is 4.25. The van der Waals surface area contributed by atoms with Gasteiger partial charge in [0.05, 0.1) is 11.5 Å². The van der Waals surface area contributed by atoms with E-state index in [-0.39, 0.29) is 11.5 Å². The Balaban J connectivity index is 2.17. The van der Waals surface area contributed by atoms with Crippen molar-refractivity contribution in [2.24, 2.45) is 0 Å². The highest BCUT2D eigenvalue weighted by Gasteiger charge is 2.15. The number of rotatable bonds is 4. The van der Waals surface area contributed by atoms with Crippen molar-refractivity contribution in [1.29, 1.82) is 0 Å². The molecule has 0 aliphatic heterocycles. The summed E-state index contributed by atoms with van der Waals surface area (Å²) >= 11 is 11.8. The van der Waals surface area contributed by atoms with Crippen molar-refractivity contribution in [3.63, 3.8) is 0 Å². The maximum atomic E-state index is 12.1. The lowest BCUT2D eigenvalue weighted by atomic mass is 10.2. The SMILES string of the molecule is O=S(=O)(Cc1ccccc1)Cc1ccc(Cl)cc1Cl. The molecule has 0 N–H and O–H groups in total. The van der Waals surface area contributed by atoms with Gasteiger partial charge in [0.2, 0.25) is 0 Å². The van der Waals surface area contributed by atoms with Crippen LogP contribution in [0.1, 0.15) is 11.1 Å². The molecule has 0 amide bonds. The third kappa shape index (κ3) is 4.23. The normalized spacial score (nSPS) is 11.5. The smallest absolute Gasteiger partial charge is 0.158 e. The number of halogens is 2. The van der Waals surface area contributed by atoms with E-state index in [1.165, 1.54) is 0 Å². The first kappa shape index (κ1) is 14.4. The lowest BCUT2D eigenvalue weighted by molar-refractivity contribution is 0.594. The van der Waals surface area contributed by atoms with E-state index in [9.17, 15) is 8.42 Å². The van der Waals surface area contributed by atoms with Gasteiger partial charge in [0.25, 0.3) is 0 Å². The van der Waals surface area contributed by atoms with Crippen LogP contribution in [0.5, 0.6) is 0 Å². The largest absolute Gasteiger partial charge is 0.228 e. The molecule has 0 unspecified atom stereocenters. The Labute approximate surface area is 122 Å². The topological polar surface area (TPSA) is 34.1 Å². The predicted octanol–water partition coefficient (Wildman–Crippen LogP) is 4.11. The van der Waals surface area contributed by atoms with Crippen molar-refractivity contribution in [3.8, 4) is 0 Å². The molecule has 0 radical (unpaired) electrons. The van der Waals surface area contributed by atoms with Crippen LogP contribution in [0.25, 0.3) is 0 Å². The fourth-order valence-corrected chi connectivity index (χ4v) is 3.84. The first-order valence-electron chi connectivity index (χ1n) is 5.64. The molecule has 19 heavy (non-hydrogen) atoms. The highest BCUT2D eigenvalue weighted by molar-refractivity contribution is 7.89. The van der Waals surface area contributed by atoms with E-state index in [2.05, 4.69) is 0 Å². The second kappa shape index (κ2) is 5.95. The molecule has 0 aromatic heterocycles. The number of benzene rings is 2. The molecule has 5 heteroatoms. The maximum Gasteiger partial charge on any atom is 0.158 e. The minimum atomic E-state index is -3.25. The molecule has 0 aliphatic carbocycles. The van der Waals surface area contributed by atoms with Gasteiger partial charge in [0.1, 0.15) is 0 Å². The highest BCUT2D eigenvalue weighted by Crippen LogP contribution is 2.23. The molecular formula is C14H12Cl2O2S. The monoisotopic (exact) mass is 314 g/mol. The quantitative estimate of drug-likeness (QED) is 0.851. The molecule has 2 rings (SSSR count). The van der Waals surface area contributed by atoms with Crippen LogP contribution in [-0.2, 0) is 21.3 Å². The van der Waals surface area contributed by atoms with Crippen molar-refractivity contribution in [2.45, 2.75) is 11.5 Å². The Morgan fingerprint density at radius 3 is 2.21 bits per heavy atom. The van der Waals surface area contributed by atoms with Gasteiger partial charge in [-0.1, -0.05) is 59.6 Å². The fraction of sp³-hybridized carbons (Fsp3) is 0.143. The van der Waals surface area contributed by atoms with Gasteiger partial charge in [-0.05, 0) is 23.3 Å². The van der Waals surface area contributed by atoms with Crippen LogP contribution in [0.15, 0.2) is 48.5 Å². The summed E-state index contributed by atoms with van der Waals surface area (Å²) in [6.07, 6.45) is 0. The van der Waals surface area contributed by atoms with E-state index in [1.54, 1.807) is 30.3 Å². The van der Waals surface area contributed by atoms with Crippen molar-refractivity contribution < 1.29 is 8.42 Å². The van der Waals surface area contributed by atoms with Crippen LogP contribution in [0.2, 0.25) is 10.0 Å². The van der Waals surface area contributed by atoms with Crippen LogP contribution in [0.3, 0.4) is 0 Å². The van der Waals surface area contributed by atoms with Gasteiger partial charge in [0, 0.05) is 10.0 Å². The molecule has 0 atom stereocenters. The third-order valence-electron chi connectivity index (χ3n) is 2.62. The van der Waals surface area contributed by atoms with E-state index in [1.807, 2.05) is 18.2 Å². The van der Waals surface area contributed by atoms with E-state index < -0.39 is 9.84 Å². The summed E-state index contributed by atoms with van der Waals surface area (Å²) in [7, 11) is -3.25. The lowest BCUT2D eigenvalue weighted by Crippen LogP contribution is -2.08. The van der Waals surface area contributed by atoms with E-state index in [0.717, 1.165) is 5.56 Å². The van der Waals surface area contributed by atoms with Crippen molar-refractivity contribution in [2.75, 3.05) is 0 Å². The molecule has 0 saturated carbocycles. The first-order chi connectivity index (χ1) is 8.96. The molecule has 100 valence electrons. The average molecular weight is 315 g/mol. The zero-order valence-electron chi connectivity index (χ0n) is 10.0. The zero-order chi connectivity index (χ0) is 13.9. The zero-order valence-corrected chi connectivity index (χ0v) is 12.3. The van der Waals surface area contributed by atoms with Gasteiger partial charge < -0.3 is 0 Å². The Hall–Kier alpha value is -1.03. The standard InChI is InChI=1S/C14H12Cl2O2S/c15-13-7-6-12(14(16)8-13)10-19(17,18)9-11-4-2-1-3-5-11/h1-8H,9-10H2. The summed E-state index contributed by atoms with van der Waals surface area (Å²) in [6.45, 7) is 0. The highest BCUT2D eigenvalue weighted by atomic mass is 35.5. The molecule has 0 heterocycles. The Kier molecular flexibility index (Phi) is 4.50. The average Bonchev–Trinajstić information content (AvgIpc) is 2.33.